The van der Waals surface area contributed by atoms with Crippen molar-refractivity contribution >= 4 is 41.7 Å². The largest absolute Gasteiger partial charge is 0.228 e. The molecule has 2 nitrogen and oxygen atoms in total. The van der Waals surface area contributed by atoms with E-state index in [0.717, 1.165) is 0 Å². The van der Waals surface area contributed by atoms with E-state index in [4.69, 9.17) is 0 Å². The van der Waals surface area contributed by atoms with E-state index >= 15 is 0 Å². The molecule has 0 fully saturated rings. The Kier molecular flexibility index (Phi) is 5.16. The van der Waals surface area contributed by atoms with Crippen LogP contribution < -0.4 is 0 Å². The van der Waals surface area contributed by atoms with Gasteiger partial charge in [0.2, 0.25) is 0 Å². The molecule has 0 aliphatic carbocycles. The fourth-order valence-corrected chi connectivity index (χ4v) is 3.79. The summed E-state index contributed by atoms with van der Waals surface area (Å²) < 4.78 is 51.5. The first-order chi connectivity index (χ1) is 9.77. The summed E-state index contributed by atoms with van der Waals surface area (Å²) in [5.74, 6) is -1.63. The van der Waals surface area contributed by atoms with Gasteiger partial charge in [0.05, 0.1) is 20.5 Å². The van der Waals surface area contributed by atoms with Crippen molar-refractivity contribution in [3.8, 4) is 0 Å². The zero-order chi connectivity index (χ0) is 15.6. The van der Waals surface area contributed by atoms with Crippen LogP contribution in [0.2, 0.25) is 0 Å². The molecule has 0 N–H and O–H groups in total. The van der Waals surface area contributed by atoms with Gasteiger partial charge in [-0.25, -0.2) is 17.2 Å². The Morgan fingerprint density at radius 2 is 1.19 bits per heavy atom. The van der Waals surface area contributed by atoms with E-state index in [9.17, 15) is 17.2 Å². The van der Waals surface area contributed by atoms with Crippen molar-refractivity contribution < 1.29 is 17.2 Å². The van der Waals surface area contributed by atoms with Crippen LogP contribution in [0, 0.1) is 11.6 Å². The maximum Gasteiger partial charge on any atom is 0.158 e. The van der Waals surface area contributed by atoms with E-state index in [1.54, 1.807) is 0 Å². The van der Waals surface area contributed by atoms with Crippen LogP contribution in [0.5, 0.6) is 0 Å². The van der Waals surface area contributed by atoms with E-state index in [1.165, 1.54) is 36.4 Å². The van der Waals surface area contributed by atoms with Crippen LogP contribution in [-0.2, 0) is 21.3 Å². The van der Waals surface area contributed by atoms with Crippen LogP contribution >= 0.6 is 31.9 Å². The summed E-state index contributed by atoms with van der Waals surface area (Å²) in [6.07, 6.45) is 0. The molecule has 0 aromatic heterocycles. The molecule has 0 amide bonds. The minimum Gasteiger partial charge on any atom is -0.228 e. The predicted molar refractivity (Wildman–Crippen MR) is 84.5 cm³/mol. The van der Waals surface area contributed by atoms with Crippen LogP contribution in [-0.4, -0.2) is 8.42 Å². The molecule has 0 saturated heterocycles. The van der Waals surface area contributed by atoms with Gasteiger partial charge in [0.25, 0.3) is 0 Å². The Morgan fingerprint density at radius 1 is 0.810 bits per heavy atom. The van der Waals surface area contributed by atoms with Crippen LogP contribution in [0.15, 0.2) is 45.3 Å². The second-order valence-corrected chi connectivity index (χ2v) is 8.30. The molecular formula is C14H10Br2F2O2S. The molecule has 2 aromatic carbocycles. The summed E-state index contributed by atoms with van der Waals surface area (Å²) >= 11 is 6.01. The van der Waals surface area contributed by atoms with Crippen LogP contribution in [0.4, 0.5) is 8.78 Å². The predicted octanol–water partition coefficient (Wildman–Crippen LogP) is 4.60. The number of benzene rings is 2. The lowest BCUT2D eigenvalue weighted by atomic mass is 10.2. The van der Waals surface area contributed by atoms with Gasteiger partial charge in [-0.1, -0.05) is 12.1 Å². The molecule has 0 atom stereocenters. The zero-order valence-electron chi connectivity index (χ0n) is 10.6. The third kappa shape index (κ3) is 4.59. The van der Waals surface area contributed by atoms with Gasteiger partial charge in [-0.05, 0) is 67.3 Å². The summed E-state index contributed by atoms with van der Waals surface area (Å²) in [6, 6.07) is 8.33. The molecule has 0 aliphatic rings. The molecule has 2 rings (SSSR count). The highest BCUT2D eigenvalue weighted by molar-refractivity contribution is 9.10. The Bertz CT molecular complexity index is 717. The monoisotopic (exact) mass is 438 g/mol. The molecule has 0 spiro atoms. The lowest BCUT2D eigenvalue weighted by Gasteiger charge is -2.06. The average Bonchev–Trinajstić information content (AvgIpc) is 2.37. The SMILES string of the molecule is O=S(=O)(Cc1ccc(Br)c(F)c1)Cc1ccc(Br)c(F)c1. The van der Waals surface area contributed by atoms with E-state index in [0.29, 0.717) is 11.1 Å². The number of hydrogen-bond donors (Lipinski definition) is 0. The highest BCUT2D eigenvalue weighted by Gasteiger charge is 2.15. The Hall–Kier alpha value is -0.790. The summed E-state index contributed by atoms with van der Waals surface area (Å²) in [4.78, 5) is 0. The van der Waals surface area contributed by atoms with Gasteiger partial charge in [0, 0.05) is 0 Å². The quantitative estimate of drug-likeness (QED) is 0.697. The summed E-state index contributed by atoms with van der Waals surface area (Å²) in [5, 5.41) is 0. The van der Waals surface area contributed by atoms with Gasteiger partial charge in [-0.15, -0.1) is 0 Å². The molecule has 0 saturated carbocycles. The second kappa shape index (κ2) is 6.54. The highest BCUT2D eigenvalue weighted by atomic mass is 79.9. The first-order valence-corrected chi connectivity index (χ1v) is 9.26. The molecule has 112 valence electrons. The molecule has 0 unspecified atom stereocenters. The normalized spacial score (nSPS) is 11.6. The minimum atomic E-state index is -3.51. The molecule has 0 heterocycles. The molecule has 0 radical (unpaired) electrons. The van der Waals surface area contributed by atoms with Gasteiger partial charge in [0.1, 0.15) is 11.6 Å². The third-order valence-corrected chi connectivity index (χ3v) is 5.57. The lowest BCUT2D eigenvalue weighted by Crippen LogP contribution is -2.08. The molecule has 0 aliphatic heterocycles. The van der Waals surface area contributed by atoms with Gasteiger partial charge in [0.15, 0.2) is 9.84 Å². The number of halogens is 4. The fourth-order valence-electron chi connectivity index (χ4n) is 1.82. The van der Waals surface area contributed by atoms with E-state index in [-0.39, 0.29) is 20.5 Å². The molecular weight excluding hydrogens is 430 g/mol. The maximum atomic E-state index is 13.4. The molecule has 7 heteroatoms. The minimum absolute atomic E-state index is 0.277. The smallest absolute Gasteiger partial charge is 0.158 e. The summed E-state index contributed by atoms with van der Waals surface area (Å²) in [6.45, 7) is 0. The van der Waals surface area contributed by atoms with Crippen molar-refractivity contribution in [2.24, 2.45) is 0 Å². The first-order valence-electron chi connectivity index (χ1n) is 5.85. The van der Waals surface area contributed by atoms with Crippen molar-refractivity contribution in [2.75, 3.05) is 0 Å². The topological polar surface area (TPSA) is 34.1 Å². The Balaban J connectivity index is 2.18. The second-order valence-electron chi connectivity index (χ2n) is 4.53. The number of rotatable bonds is 4. The molecule has 0 bridgehead atoms. The van der Waals surface area contributed by atoms with Crippen LogP contribution in [0.25, 0.3) is 0 Å². The van der Waals surface area contributed by atoms with Crippen LogP contribution in [0.1, 0.15) is 11.1 Å². The van der Waals surface area contributed by atoms with E-state index in [2.05, 4.69) is 31.9 Å². The van der Waals surface area contributed by atoms with Gasteiger partial charge >= 0.3 is 0 Å². The van der Waals surface area contributed by atoms with Crippen molar-refractivity contribution in [3.05, 3.63) is 68.1 Å². The maximum absolute atomic E-state index is 13.4. The Labute approximate surface area is 138 Å². The Morgan fingerprint density at radius 3 is 1.52 bits per heavy atom. The van der Waals surface area contributed by atoms with Crippen molar-refractivity contribution in [1.29, 1.82) is 0 Å². The van der Waals surface area contributed by atoms with E-state index in [1.807, 2.05) is 0 Å². The highest BCUT2D eigenvalue weighted by Crippen LogP contribution is 2.21. The standard InChI is InChI=1S/C14H10Br2F2O2S/c15-11-3-1-9(5-13(11)17)7-21(19,20)8-10-2-4-12(16)14(18)6-10/h1-6H,7-8H2. The number of hydrogen-bond acceptors (Lipinski definition) is 2. The van der Waals surface area contributed by atoms with Crippen molar-refractivity contribution in [2.45, 2.75) is 11.5 Å². The number of sulfone groups is 1. The fraction of sp³-hybridized carbons (Fsp3) is 0.143. The van der Waals surface area contributed by atoms with Crippen molar-refractivity contribution in [1.82, 2.24) is 0 Å². The first kappa shape index (κ1) is 16.6. The zero-order valence-corrected chi connectivity index (χ0v) is 14.6. The third-order valence-electron chi connectivity index (χ3n) is 2.74. The van der Waals surface area contributed by atoms with Gasteiger partial charge in [-0.2, -0.15) is 0 Å². The summed E-state index contributed by atoms with van der Waals surface area (Å²) in [7, 11) is -3.51. The van der Waals surface area contributed by atoms with Gasteiger partial charge < -0.3 is 0 Å². The summed E-state index contributed by atoms with van der Waals surface area (Å²) in [5.41, 5.74) is 0.710. The van der Waals surface area contributed by atoms with Gasteiger partial charge in [-0.3, -0.25) is 0 Å². The molecule has 2 aromatic rings. The van der Waals surface area contributed by atoms with E-state index < -0.39 is 21.5 Å². The molecule has 21 heavy (non-hydrogen) atoms. The average molecular weight is 440 g/mol. The van der Waals surface area contributed by atoms with Crippen LogP contribution in [0.3, 0.4) is 0 Å². The van der Waals surface area contributed by atoms with Crippen molar-refractivity contribution in [3.63, 3.8) is 0 Å². The lowest BCUT2D eigenvalue weighted by molar-refractivity contribution is 0.593.